The predicted molar refractivity (Wildman–Crippen MR) is 75.2 cm³/mol. The molecule has 2 rings (SSSR count). The summed E-state index contributed by atoms with van der Waals surface area (Å²) < 4.78 is 13.0. The van der Waals surface area contributed by atoms with Crippen molar-refractivity contribution in [1.29, 1.82) is 0 Å². The van der Waals surface area contributed by atoms with Gasteiger partial charge in [0.15, 0.2) is 0 Å². The molecule has 0 unspecified atom stereocenters. The minimum atomic E-state index is -0.340. The molecule has 0 radical (unpaired) electrons. The standard InChI is InChI=1S/C14H15ClFN3/c1-3-11-8-13(17-2)19-14(18-11)6-9-4-5-10(16)7-12(9)15/h4-5,7-8H,3,6H2,1-2H3,(H,17,18,19). The molecule has 1 aromatic carbocycles. The first kappa shape index (κ1) is 13.7. The molecule has 3 nitrogen and oxygen atoms in total. The number of aromatic nitrogens is 2. The van der Waals surface area contributed by atoms with Crippen LogP contribution in [0.15, 0.2) is 24.3 Å². The van der Waals surface area contributed by atoms with Gasteiger partial charge in [-0.05, 0) is 24.1 Å². The Balaban J connectivity index is 2.31. The smallest absolute Gasteiger partial charge is 0.135 e. The van der Waals surface area contributed by atoms with E-state index < -0.39 is 0 Å². The zero-order valence-corrected chi connectivity index (χ0v) is 11.6. The van der Waals surface area contributed by atoms with E-state index in [1.54, 1.807) is 6.07 Å². The largest absolute Gasteiger partial charge is 0.373 e. The Morgan fingerprint density at radius 2 is 2.05 bits per heavy atom. The lowest BCUT2D eigenvalue weighted by molar-refractivity contribution is 0.627. The lowest BCUT2D eigenvalue weighted by Crippen LogP contribution is -2.04. The van der Waals surface area contributed by atoms with Crippen LogP contribution in [0.5, 0.6) is 0 Å². The first-order chi connectivity index (χ1) is 9.12. The fourth-order valence-corrected chi connectivity index (χ4v) is 2.01. The third-order valence-corrected chi connectivity index (χ3v) is 3.16. The Kier molecular flexibility index (Phi) is 4.32. The SMILES string of the molecule is CCc1cc(NC)nc(Cc2ccc(F)cc2Cl)n1. The molecule has 2 aromatic rings. The molecule has 19 heavy (non-hydrogen) atoms. The fraction of sp³-hybridized carbons (Fsp3) is 0.286. The highest BCUT2D eigenvalue weighted by Gasteiger charge is 2.07. The second-order valence-corrected chi connectivity index (χ2v) is 4.58. The number of nitrogens with zero attached hydrogens (tertiary/aromatic N) is 2. The van der Waals surface area contributed by atoms with Gasteiger partial charge < -0.3 is 5.32 Å². The van der Waals surface area contributed by atoms with Crippen molar-refractivity contribution in [3.63, 3.8) is 0 Å². The molecule has 0 fully saturated rings. The molecule has 1 N–H and O–H groups in total. The van der Waals surface area contributed by atoms with Crippen molar-refractivity contribution in [3.05, 3.63) is 52.2 Å². The van der Waals surface area contributed by atoms with E-state index in [0.717, 1.165) is 23.5 Å². The first-order valence-electron chi connectivity index (χ1n) is 6.11. The summed E-state index contributed by atoms with van der Waals surface area (Å²) in [5.74, 6) is 1.12. The molecule has 0 atom stereocenters. The summed E-state index contributed by atoms with van der Waals surface area (Å²) in [6.07, 6.45) is 1.32. The molecule has 0 bridgehead atoms. The van der Waals surface area contributed by atoms with Crippen molar-refractivity contribution in [2.45, 2.75) is 19.8 Å². The summed E-state index contributed by atoms with van der Waals surface area (Å²) >= 11 is 6.02. The van der Waals surface area contributed by atoms with Crippen molar-refractivity contribution in [2.24, 2.45) is 0 Å². The van der Waals surface area contributed by atoms with Crippen LogP contribution in [0.2, 0.25) is 5.02 Å². The van der Waals surface area contributed by atoms with Crippen LogP contribution in [0.3, 0.4) is 0 Å². The highest BCUT2D eigenvalue weighted by molar-refractivity contribution is 6.31. The number of rotatable bonds is 4. The maximum Gasteiger partial charge on any atom is 0.135 e. The summed E-state index contributed by atoms with van der Waals surface area (Å²) in [6, 6.07) is 6.28. The minimum absolute atomic E-state index is 0.340. The Labute approximate surface area is 116 Å². The summed E-state index contributed by atoms with van der Waals surface area (Å²) in [5.41, 5.74) is 1.78. The second kappa shape index (κ2) is 5.97. The van der Waals surface area contributed by atoms with E-state index >= 15 is 0 Å². The Morgan fingerprint density at radius 3 is 2.68 bits per heavy atom. The van der Waals surface area contributed by atoms with Gasteiger partial charge in [-0.2, -0.15) is 0 Å². The monoisotopic (exact) mass is 279 g/mol. The predicted octanol–water partition coefficient (Wildman–Crippen LogP) is 3.46. The molecule has 1 heterocycles. The van der Waals surface area contributed by atoms with Gasteiger partial charge in [0.25, 0.3) is 0 Å². The van der Waals surface area contributed by atoms with Crippen LogP contribution in [-0.4, -0.2) is 17.0 Å². The molecule has 0 saturated heterocycles. The molecule has 0 aliphatic rings. The number of aryl methyl sites for hydroxylation is 1. The maximum atomic E-state index is 13.0. The molecular formula is C14H15ClFN3. The molecule has 5 heteroatoms. The summed E-state index contributed by atoms with van der Waals surface area (Å²) in [7, 11) is 1.82. The van der Waals surface area contributed by atoms with E-state index in [-0.39, 0.29) is 5.82 Å². The normalized spacial score (nSPS) is 10.5. The number of nitrogens with one attached hydrogen (secondary N) is 1. The molecular weight excluding hydrogens is 265 g/mol. The van der Waals surface area contributed by atoms with Crippen LogP contribution in [0.4, 0.5) is 10.2 Å². The van der Waals surface area contributed by atoms with E-state index in [4.69, 9.17) is 11.6 Å². The van der Waals surface area contributed by atoms with Crippen LogP contribution >= 0.6 is 11.6 Å². The van der Waals surface area contributed by atoms with Crippen LogP contribution in [0, 0.1) is 5.82 Å². The quantitative estimate of drug-likeness (QED) is 0.931. The van der Waals surface area contributed by atoms with Gasteiger partial charge in [0.05, 0.1) is 0 Å². The average molecular weight is 280 g/mol. The van der Waals surface area contributed by atoms with Gasteiger partial charge in [0.1, 0.15) is 17.5 Å². The van der Waals surface area contributed by atoms with Gasteiger partial charge in [0, 0.05) is 30.3 Å². The molecule has 100 valence electrons. The second-order valence-electron chi connectivity index (χ2n) is 4.18. The third kappa shape index (κ3) is 3.41. The topological polar surface area (TPSA) is 37.8 Å². The number of benzene rings is 1. The van der Waals surface area contributed by atoms with E-state index in [0.29, 0.717) is 17.3 Å². The van der Waals surface area contributed by atoms with Crippen LogP contribution in [0.25, 0.3) is 0 Å². The van der Waals surface area contributed by atoms with Crippen molar-refractivity contribution in [1.82, 2.24) is 9.97 Å². The number of hydrogen-bond acceptors (Lipinski definition) is 3. The third-order valence-electron chi connectivity index (χ3n) is 2.81. The minimum Gasteiger partial charge on any atom is -0.373 e. The van der Waals surface area contributed by atoms with E-state index in [2.05, 4.69) is 15.3 Å². The van der Waals surface area contributed by atoms with Crippen molar-refractivity contribution in [2.75, 3.05) is 12.4 Å². The van der Waals surface area contributed by atoms with Crippen molar-refractivity contribution >= 4 is 17.4 Å². The zero-order valence-electron chi connectivity index (χ0n) is 10.9. The fourth-order valence-electron chi connectivity index (χ4n) is 1.78. The summed E-state index contributed by atoms with van der Waals surface area (Å²) in [5, 5.41) is 3.41. The van der Waals surface area contributed by atoms with Gasteiger partial charge in [-0.1, -0.05) is 24.6 Å². The Bertz CT molecular complexity index is 565. The first-order valence-corrected chi connectivity index (χ1v) is 6.48. The number of anilines is 1. The molecule has 0 amide bonds. The number of hydrogen-bond donors (Lipinski definition) is 1. The lowest BCUT2D eigenvalue weighted by atomic mass is 10.1. The van der Waals surface area contributed by atoms with Crippen molar-refractivity contribution < 1.29 is 4.39 Å². The van der Waals surface area contributed by atoms with Gasteiger partial charge in [-0.15, -0.1) is 0 Å². The average Bonchev–Trinajstić information content (AvgIpc) is 2.41. The number of halogens is 2. The summed E-state index contributed by atoms with van der Waals surface area (Å²) in [6.45, 7) is 2.04. The van der Waals surface area contributed by atoms with Crippen LogP contribution < -0.4 is 5.32 Å². The van der Waals surface area contributed by atoms with Gasteiger partial charge in [0.2, 0.25) is 0 Å². The van der Waals surface area contributed by atoms with Crippen molar-refractivity contribution in [3.8, 4) is 0 Å². The molecule has 0 spiro atoms. The molecule has 0 aliphatic carbocycles. The molecule has 0 aliphatic heterocycles. The Hall–Kier alpha value is -1.68. The lowest BCUT2D eigenvalue weighted by Gasteiger charge is -2.08. The van der Waals surface area contributed by atoms with Crippen LogP contribution in [0.1, 0.15) is 24.0 Å². The van der Waals surface area contributed by atoms with E-state index in [1.165, 1.54) is 12.1 Å². The highest BCUT2D eigenvalue weighted by Crippen LogP contribution is 2.20. The molecule has 1 aromatic heterocycles. The zero-order chi connectivity index (χ0) is 13.8. The molecule has 0 saturated carbocycles. The Morgan fingerprint density at radius 1 is 1.26 bits per heavy atom. The highest BCUT2D eigenvalue weighted by atomic mass is 35.5. The van der Waals surface area contributed by atoms with Gasteiger partial charge in [-0.3, -0.25) is 0 Å². The maximum absolute atomic E-state index is 13.0. The van der Waals surface area contributed by atoms with Crippen LogP contribution in [-0.2, 0) is 12.8 Å². The van der Waals surface area contributed by atoms with Gasteiger partial charge >= 0.3 is 0 Å². The van der Waals surface area contributed by atoms with E-state index in [1.807, 2.05) is 20.0 Å². The van der Waals surface area contributed by atoms with E-state index in [9.17, 15) is 4.39 Å². The van der Waals surface area contributed by atoms with Gasteiger partial charge in [-0.25, -0.2) is 14.4 Å². The summed E-state index contributed by atoms with van der Waals surface area (Å²) in [4.78, 5) is 8.84.